The molecule has 1 unspecified atom stereocenters. The quantitative estimate of drug-likeness (QED) is 0.813. The molecule has 1 rings (SSSR count). The van der Waals surface area contributed by atoms with Crippen molar-refractivity contribution in [2.24, 2.45) is 0 Å². The van der Waals surface area contributed by atoms with Gasteiger partial charge in [-0.15, -0.1) is 0 Å². The molecule has 0 heterocycles. The van der Waals surface area contributed by atoms with Crippen LogP contribution in [-0.4, -0.2) is 32.3 Å². The molecule has 0 aliphatic carbocycles. The molecule has 100 valence electrons. The fraction of sp³-hybridized carbons (Fsp3) is 0.462. The van der Waals surface area contributed by atoms with Gasteiger partial charge in [0, 0.05) is 0 Å². The number of methoxy groups -OCH3 is 1. The van der Waals surface area contributed by atoms with E-state index >= 15 is 0 Å². The highest BCUT2D eigenvalue weighted by molar-refractivity contribution is 5.80. The fourth-order valence-corrected chi connectivity index (χ4v) is 1.40. The number of rotatable bonds is 5. The zero-order chi connectivity index (χ0) is 13.8. The van der Waals surface area contributed by atoms with Gasteiger partial charge in [0.05, 0.1) is 7.11 Å². The van der Waals surface area contributed by atoms with E-state index in [4.69, 9.17) is 4.74 Å². The van der Waals surface area contributed by atoms with E-state index in [1.807, 2.05) is 6.92 Å². The lowest BCUT2D eigenvalue weighted by Crippen LogP contribution is -2.52. The lowest BCUT2D eigenvalue weighted by atomic mass is 10.1. The Morgan fingerprint density at radius 1 is 1.50 bits per heavy atom. The van der Waals surface area contributed by atoms with Crippen LogP contribution >= 0.6 is 0 Å². The number of aryl methyl sites for hydroxylation is 1. The maximum atomic E-state index is 13.5. The van der Waals surface area contributed by atoms with E-state index in [-0.39, 0.29) is 12.4 Å². The molecule has 5 heteroatoms. The second-order valence-electron chi connectivity index (χ2n) is 4.30. The first kappa shape index (κ1) is 14.4. The predicted octanol–water partition coefficient (Wildman–Crippen LogP) is 1.66. The van der Waals surface area contributed by atoms with Crippen molar-refractivity contribution in [3.63, 3.8) is 0 Å². The first-order chi connectivity index (χ1) is 8.42. The molecule has 1 N–H and O–H groups in total. The fourth-order valence-electron chi connectivity index (χ4n) is 1.40. The minimum Gasteiger partial charge on any atom is -0.488 e. The van der Waals surface area contributed by atoms with Crippen LogP contribution in [0.1, 0.15) is 12.5 Å². The van der Waals surface area contributed by atoms with Crippen molar-refractivity contribution in [3.05, 3.63) is 29.6 Å². The van der Waals surface area contributed by atoms with E-state index in [0.717, 1.165) is 5.56 Å². The Hall–Kier alpha value is -1.62. The molecule has 4 nitrogen and oxygen atoms in total. The third-order valence-corrected chi connectivity index (χ3v) is 2.79. The van der Waals surface area contributed by atoms with E-state index in [1.54, 1.807) is 26.1 Å². The summed E-state index contributed by atoms with van der Waals surface area (Å²) in [5.41, 5.74) is -0.124. The molecule has 18 heavy (non-hydrogen) atoms. The van der Waals surface area contributed by atoms with Gasteiger partial charge in [0.1, 0.15) is 12.1 Å². The van der Waals surface area contributed by atoms with Crippen LogP contribution in [0.15, 0.2) is 18.2 Å². The third kappa shape index (κ3) is 3.20. The Morgan fingerprint density at radius 3 is 2.72 bits per heavy atom. The van der Waals surface area contributed by atoms with Crippen molar-refractivity contribution in [3.8, 4) is 5.75 Å². The van der Waals surface area contributed by atoms with Gasteiger partial charge in [0.2, 0.25) is 0 Å². The Labute approximate surface area is 106 Å². The Bertz CT molecular complexity index is 436. The van der Waals surface area contributed by atoms with Crippen molar-refractivity contribution in [2.75, 3.05) is 20.8 Å². The summed E-state index contributed by atoms with van der Waals surface area (Å²) in [5.74, 6) is -0.789. The lowest BCUT2D eigenvalue weighted by molar-refractivity contribution is -0.149. The van der Waals surface area contributed by atoms with Crippen molar-refractivity contribution >= 4 is 5.97 Å². The van der Waals surface area contributed by atoms with Gasteiger partial charge in [0.25, 0.3) is 0 Å². The molecule has 0 bridgehead atoms. The maximum Gasteiger partial charge on any atom is 0.329 e. The molecule has 1 aromatic rings. The van der Waals surface area contributed by atoms with Crippen LogP contribution in [0.3, 0.4) is 0 Å². The lowest BCUT2D eigenvalue weighted by Gasteiger charge is -2.26. The van der Waals surface area contributed by atoms with Gasteiger partial charge in [-0.1, -0.05) is 6.07 Å². The Balaban J connectivity index is 2.80. The van der Waals surface area contributed by atoms with Crippen LogP contribution in [0, 0.1) is 12.7 Å². The minimum atomic E-state index is -1.01. The summed E-state index contributed by atoms with van der Waals surface area (Å²) >= 11 is 0. The monoisotopic (exact) mass is 255 g/mol. The van der Waals surface area contributed by atoms with Crippen molar-refractivity contribution in [1.82, 2.24) is 5.32 Å². The molecular weight excluding hydrogens is 237 g/mol. The highest BCUT2D eigenvalue weighted by Gasteiger charge is 2.33. The zero-order valence-electron chi connectivity index (χ0n) is 11.0. The number of likely N-dealkylation sites (N-methyl/N-ethyl adjacent to an activating group) is 1. The van der Waals surface area contributed by atoms with E-state index in [9.17, 15) is 9.18 Å². The van der Waals surface area contributed by atoms with Crippen LogP contribution < -0.4 is 10.1 Å². The van der Waals surface area contributed by atoms with E-state index in [0.29, 0.717) is 0 Å². The van der Waals surface area contributed by atoms with Crippen molar-refractivity contribution in [2.45, 2.75) is 19.4 Å². The van der Waals surface area contributed by atoms with E-state index in [1.165, 1.54) is 13.2 Å². The van der Waals surface area contributed by atoms with Gasteiger partial charge in [-0.2, -0.15) is 0 Å². The Kier molecular flexibility index (Phi) is 4.67. The number of esters is 1. The molecule has 1 atom stereocenters. The van der Waals surface area contributed by atoms with Gasteiger partial charge in [-0.25, -0.2) is 9.18 Å². The number of nitrogens with one attached hydrogen (secondary N) is 1. The standard InChI is InChI=1S/C13H18FNO3/c1-9-5-6-10(14)11(7-9)18-8-13(2,15-3)12(16)17-4/h5-7,15H,8H2,1-4H3. The maximum absolute atomic E-state index is 13.5. The smallest absolute Gasteiger partial charge is 0.329 e. The molecule has 0 aliphatic rings. The van der Waals surface area contributed by atoms with E-state index < -0.39 is 17.3 Å². The zero-order valence-corrected chi connectivity index (χ0v) is 11.0. The van der Waals surface area contributed by atoms with Crippen LogP contribution in [0.2, 0.25) is 0 Å². The summed E-state index contributed by atoms with van der Waals surface area (Å²) in [7, 11) is 2.91. The molecule has 0 saturated carbocycles. The topological polar surface area (TPSA) is 47.6 Å². The summed E-state index contributed by atoms with van der Waals surface area (Å²) in [5, 5.41) is 2.81. The molecule has 0 radical (unpaired) electrons. The Morgan fingerprint density at radius 2 is 2.17 bits per heavy atom. The molecule has 1 aromatic carbocycles. The van der Waals surface area contributed by atoms with Gasteiger partial charge >= 0.3 is 5.97 Å². The number of carbonyl (C=O) groups is 1. The van der Waals surface area contributed by atoms with Crippen LogP contribution in [-0.2, 0) is 9.53 Å². The van der Waals surface area contributed by atoms with Crippen LogP contribution in [0.5, 0.6) is 5.75 Å². The largest absolute Gasteiger partial charge is 0.488 e. The van der Waals surface area contributed by atoms with Crippen molar-refractivity contribution < 1.29 is 18.7 Å². The first-order valence-corrected chi connectivity index (χ1v) is 5.59. The molecule has 0 spiro atoms. The van der Waals surface area contributed by atoms with Crippen LogP contribution in [0.25, 0.3) is 0 Å². The molecule has 0 aromatic heterocycles. The molecular formula is C13H18FNO3. The summed E-state index contributed by atoms with van der Waals surface area (Å²) < 4.78 is 23.5. The summed E-state index contributed by atoms with van der Waals surface area (Å²) in [6.45, 7) is 3.45. The molecule has 0 amide bonds. The summed E-state index contributed by atoms with van der Waals surface area (Å²) in [6, 6.07) is 4.57. The summed E-state index contributed by atoms with van der Waals surface area (Å²) in [4.78, 5) is 11.6. The second kappa shape index (κ2) is 5.82. The van der Waals surface area contributed by atoms with Crippen molar-refractivity contribution in [1.29, 1.82) is 0 Å². The minimum absolute atomic E-state index is 0.0173. The molecule has 0 saturated heterocycles. The van der Waals surface area contributed by atoms with Gasteiger partial charge in [-0.3, -0.25) is 0 Å². The van der Waals surface area contributed by atoms with E-state index in [2.05, 4.69) is 10.1 Å². The summed E-state index contributed by atoms with van der Waals surface area (Å²) in [6.07, 6.45) is 0. The highest BCUT2D eigenvalue weighted by atomic mass is 19.1. The average Bonchev–Trinajstić information content (AvgIpc) is 2.38. The number of ether oxygens (including phenoxy) is 2. The number of halogens is 1. The normalized spacial score (nSPS) is 13.8. The van der Waals surface area contributed by atoms with Gasteiger partial charge in [0.15, 0.2) is 11.6 Å². The molecule has 0 fully saturated rings. The number of hydrogen-bond donors (Lipinski definition) is 1. The molecule has 0 aliphatic heterocycles. The SMILES string of the molecule is CNC(C)(COc1cc(C)ccc1F)C(=O)OC. The number of carbonyl (C=O) groups excluding carboxylic acids is 1. The second-order valence-corrected chi connectivity index (χ2v) is 4.30. The first-order valence-electron chi connectivity index (χ1n) is 5.59. The van der Waals surface area contributed by atoms with Gasteiger partial charge in [-0.05, 0) is 38.6 Å². The number of benzene rings is 1. The average molecular weight is 255 g/mol. The van der Waals surface area contributed by atoms with Gasteiger partial charge < -0.3 is 14.8 Å². The third-order valence-electron chi connectivity index (χ3n) is 2.79. The highest BCUT2D eigenvalue weighted by Crippen LogP contribution is 2.20. The van der Waals surface area contributed by atoms with Crippen LogP contribution in [0.4, 0.5) is 4.39 Å². The predicted molar refractivity (Wildman–Crippen MR) is 66.1 cm³/mol. The number of hydrogen-bond acceptors (Lipinski definition) is 4.